The summed E-state index contributed by atoms with van der Waals surface area (Å²) in [5.41, 5.74) is -0.417. The Hall–Kier alpha value is -1.28. The Labute approximate surface area is 120 Å². The van der Waals surface area contributed by atoms with Crippen LogP contribution in [0.5, 0.6) is 0 Å². The molecule has 7 nitrogen and oxygen atoms in total. The van der Waals surface area contributed by atoms with Gasteiger partial charge in [-0.05, 0) is 0 Å². The summed E-state index contributed by atoms with van der Waals surface area (Å²) in [5, 5.41) is 0. The number of rotatable bonds is 3. The second-order valence-corrected chi connectivity index (χ2v) is 5.73. The Morgan fingerprint density at radius 3 is 2.05 bits per heavy atom. The van der Waals surface area contributed by atoms with Gasteiger partial charge in [0.25, 0.3) is 0 Å². The van der Waals surface area contributed by atoms with Crippen LogP contribution in [-0.2, 0) is 33.3 Å². The summed E-state index contributed by atoms with van der Waals surface area (Å²) in [7, 11) is 0. The number of ether oxygens (including phenoxy) is 4. The highest BCUT2D eigenvalue weighted by Gasteiger charge is 2.56. The van der Waals surface area contributed by atoms with Gasteiger partial charge in [-0.2, -0.15) is 0 Å². The number of hydrogen-bond donors (Lipinski definition) is 0. The maximum atomic E-state index is 11.2. The van der Waals surface area contributed by atoms with Crippen molar-refractivity contribution in [3.8, 4) is 0 Å². The van der Waals surface area contributed by atoms with Crippen molar-refractivity contribution in [1.29, 1.82) is 0 Å². The predicted molar refractivity (Wildman–Crippen MR) is 67.8 cm³/mol. The number of carbonyl (C=O) groups is 3. The molecule has 2 saturated heterocycles. The van der Waals surface area contributed by atoms with Crippen molar-refractivity contribution in [2.45, 2.75) is 50.6 Å². The van der Waals surface area contributed by atoms with Crippen molar-refractivity contribution in [1.82, 2.24) is 0 Å². The number of esters is 3. The smallest absolute Gasteiger partial charge is 0.303 e. The molecule has 0 amide bonds. The van der Waals surface area contributed by atoms with Crippen LogP contribution in [0.25, 0.3) is 0 Å². The van der Waals surface area contributed by atoms with Crippen LogP contribution in [0.2, 0.25) is 0 Å². The topological polar surface area (TPSA) is 88.1 Å². The van der Waals surface area contributed by atoms with Crippen molar-refractivity contribution < 1.29 is 33.3 Å². The van der Waals surface area contributed by atoms with Gasteiger partial charge in [-0.3, -0.25) is 14.4 Å². The quantitative estimate of drug-likeness (QED) is 0.542. The highest BCUT2D eigenvalue weighted by molar-refractivity contribution is 7.99. The molecule has 0 spiro atoms. The normalized spacial score (nSPS) is 35.2. The van der Waals surface area contributed by atoms with E-state index >= 15 is 0 Å². The molecule has 5 atom stereocenters. The predicted octanol–water partition coefficient (Wildman–Crippen LogP) is 0.253. The molecule has 2 heterocycles. The minimum Gasteiger partial charge on any atom is -0.459 e. The van der Waals surface area contributed by atoms with Gasteiger partial charge in [-0.1, -0.05) is 0 Å². The number of hydrogen-bond acceptors (Lipinski definition) is 8. The minimum absolute atomic E-state index is 0.417. The van der Waals surface area contributed by atoms with Gasteiger partial charge in [0.2, 0.25) is 0 Å². The van der Waals surface area contributed by atoms with Crippen molar-refractivity contribution in [3.63, 3.8) is 0 Å². The van der Waals surface area contributed by atoms with Crippen LogP contribution in [0.1, 0.15) is 20.8 Å². The van der Waals surface area contributed by atoms with E-state index in [-0.39, 0.29) is 0 Å². The lowest BCUT2D eigenvalue weighted by molar-refractivity contribution is -0.168. The third kappa shape index (κ3) is 3.24. The molecule has 0 aromatic heterocycles. The third-order valence-corrected chi connectivity index (χ3v) is 4.15. The average molecular weight is 304 g/mol. The molecule has 112 valence electrons. The van der Waals surface area contributed by atoms with E-state index in [2.05, 4.69) is 0 Å². The van der Waals surface area contributed by atoms with Crippen LogP contribution in [0.15, 0.2) is 0 Å². The summed E-state index contributed by atoms with van der Waals surface area (Å²) in [6.07, 6.45) is -2.59. The molecule has 0 aromatic rings. The Balaban J connectivity index is 2.17. The van der Waals surface area contributed by atoms with Crippen LogP contribution in [0, 0.1) is 0 Å². The molecule has 2 fully saturated rings. The third-order valence-electron chi connectivity index (χ3n) is 2.92. The van der Waals surface area contributed by atoms with Gasteiger partial charge < -0.3 is 18.9 Å². The molecule has 0 radical (unpaired) electrons. The molecule has 8 heteroatoms. The Morgan fingerprint density at radius 1 is 0.950 bits per heavy atom. The number of thioether (sulfide) groups is 1. The molecule has 2 aliphatic rings. The molecule has 2 aliphatic heterocycles. The standard InChI is InChI=1S/C12H16O7S/c1-5(13)16-8-4-20-12-11(18-7(3)15)10(9(8)19-12)17-6(2)14/h8-12H,4H2,1-3H3/t8-,9+,10?,11?,12-/m1/s1. The summed E-state index contributed by atoms with van der Waals surface area (Å²) in [6, 6.07) is 0. The highest BCUT2D eigenvalue weighted by atomic mass is 32.2. The van der Waals surface area contributed by atoms with E-state index in [1.54, 1.807) is 0 Å². The van der Waals surface area contributed by atoms with Crippen molar-refractivity contribution in [3.05, 3.63) is 0 Å². The first-order chi connectivity index (χ1) is 9.38. The SMILES string of the molecule is CC(=O)OC1C(OC(C)=O)[C@H]2O[C@@H]1SC[C@H]2OC(C)=O. The fraction of sp³-hybridized carbons (Fsp3) is 0.750. The maximum Gasteiger partial charge on any atom is 0.303 e. The van der Waals surface area contributed by atoms with Gasteiger partial charge in [0.05, 0.1) is 0 Å². The van der Waals surface area contributed by atoms with Crippen molar-refractivity contribution in [2.75, 3.05) is 5.75 Å². The van der Waals surface area contributed by atoms with E-state index in [1.807, 2.05) is 0 Å². The lowest BCUT2D eigenvalue weighted by Crippen LogP contribution is -2.44. The minimum atomic E-state index is -0.763. The summed E-state index contributed by atoms with van der Waals surface area (Å²) in [4.78, 5) is 33.5. The van der Waals surface area contributed by atoms with Gasteiger partial charge >= 0.3 is 17.9 Å². The molecular weight excluding hydrogens is 288 g/mol. The van der Waals surface area contributed by atoms with Crippen LogP contribution >= 0.6 is 11.8 Å². The molecule has 2 bridgehead atoms. The Kier molecular flexibility index (Phi) is 4.54. The monoisotopic (exact) mass is 304 g/mol. The lowest BCUT2D eigenvalue weighted by atomic mass is 10.1. The molecule has 2 unspecified atom stereocenters. The van der Waals surface area contributed by atoms with E-state index < -0.39 is 47.8 Å². The van der Waals surface area contributed by atoms with Crippen LogP contribution in [0.3, 0.4) is 0 Å². The van der Waals surface area contributed by atoms with Crippen molar-refractivity contribution in [2.24, 2.45) is 0 Å². The fourth-order valence-corrected chi connectivity index (χ4v) is 3.57. The van der Waals surface area contributed by atoms with E-state index in [0.717, 1.165) is 0 Å². The van der Waals surface area contributed by atoms with E-state index in [9.17, 15) is 14.4 Å². The first kappa shape index (κ1) is 15.1. The number of carbonyl (C=O) groups excluding carboxylic acids is 3. The average Bonchev–Trinajstić information content (AvgIpc) is 2.57. The fourth-order valence-electron chi connectivity index (χ4n) is 2.32. The second-order valence-electron chi connectivity index (χ2n) is 4.60. The molecule has 2 rings (SSSR count). The summed E-state index contributed by atoms with van der Waals surface area (Å²) in [6.45, 7) is 3.85. The molecule has 0 aromatic carbocycles. The van der Waals surface area contributed by atoms with E-state index in [4.69, 9.17) is 18.9 Å². The maximum absolute atomic E-state index is 11.2. The molecule has 0 aliphatic carbocycles. The molecular formula is C12H16O7S. The van der Waals surface area contributed by atoms with Gasteiger partial charge in [-0.25, -0.2) is 0 Å². The van der Waals surface area contributed by atoms with E-state index in [1.165, 1.54) is 32.5 Å². The lowest BCUT2D eigenvalue weighted by Gasteiger charge is -2.29. The molecule has 0 saturated carbocycles. The zero-order valence-electron chi connectivity index (χ0n) is 11.4. The van der Waals surface area contributed by atoms with Gasteiger partial charge in [0, 0.05) is 26.5 Å². The van der Waals surface area contributed by atoms with Gasteiger partial charge in [0.1, 0.15) is 17.6 Å². The summed E-state index contributed by atoms with van der Waals surface area (Å²) < 4.78 is 21.2. The largest absolute Gasteiger partial charge is 0.459 e. The second kappa shape index (κ2) is 6.01. The van der Waals surface area contributed by atoms with E-state index in [0.29, 0.717) is 5.75 Å². The summed E-state index contributed by atoms with van der Waals surface area (Å²) in [5.74, 6) is -0.914. The Morgan fingerprint density at radius 2 is 1.50 bits per heavy atom. The van der Waals surface area contributed by atoms with Crippen LogP contribution in [0.4, 0.5) is 0 Å². The number of fused-ring (bicyclic) bond motifs is 2. The van der Waals surface area contributed by atoms with Crippen molar-refractivity contribution >= 4 is 29.7 Å². The molecule has 20 heavy (non-hydrogen) atoms. The van der Waals surface area contributed by atoms with Gasteiger partial charge in [0.15, 0.2) is 12.2 Å². The zero-order chi connectivity index (χ0) is 14.9. The van der Waals surface area contributed by atoms with Gasteiger partial charge in [-0.15, -0.1) is 11.8 Å². The van der Waals surface area contributed by atoms with Crippen LogP contribution < -0.4 is 0 Å². The first-order valence-corrected chi connectivity index (χ1v) is 7.22. The van der Waals surface area contributed by atoms with Crippen LogP contribution in [-0.4, -0.2) is 53.5 Å². The zero-order valence-corrected chi connectivity index (χ0v) is 12.2. The Bertz CT molecular complexity index is 424. The summed E-state index contributed by atoms with van der Waals surface area (Å²) >= 11 is 1.37. The molecule has 0 N–H and O–H groups in total. The first-order valence-electron chi connectivity index (χ1n) is 6.17. The highest BCUT2D eigenvalue weighted by Crippen LogP contribution is 2.41.